The van der Waals surface area contributed by atoms with Gasteiger partial charge in [-0.25, -0.2) is 4.39 Å². The van der Waals surface area contributed by atoms with Crippen molar-refractivity contribution in [2.75, 3.05) is 20.2 Å². The van der Waals surface area contributed by atoms with Crippen molar-refractivity contribution in [1.29, 1.82) is 0 Å². The van der Waals surface area contributed by atoms with Crippen molar-refractivity contribution in [3.8, 4) is 0 Å². The molecular formula is C11H13ClFNO. The van der Waals surface area contributed by atoms with Gasteiger partial charge in [-0.1, -0.05) is 17.7 Å². The third-order valence-electron chi connectivity index (χ3n) is 2.88. The maximum Gasteiger partial charge on any atom is 0.141 e. The summed E-state index contributed by atoms with van der Waals surface area (Å²) < 4.78 is 26.2. The molecular weight excluding hydrogens is 217 g/mol. The van der Waals surface area contributed by atoms with E-state index in [0.29, 0.717) is 13.1 Å². The molecule has 2 rings (SSSR count). The highest BCUT2D eigenvalue weighted by atomic mass is 35.5. The predicted molar refractivity (Wildman–Crippen MR) is 57.6 cm³/mol. The zero-order valence-corrected chi connectivity index (χ0v) is 9.22. The first kappa shape index (κ1) is 9.58. The van der Waals surface area contributed by atoms with Crippen LogP contribution in [0.4, 0.5) is 4.39 Å². The molecule has 0 amide bonds. The first-order valence-corrected chi connectivity index (χ1v) is 5.20. The average Bonchev–Trinajstić information content (AvgIpc) is 2.65. The molecule has 1 aliphatic heterocycles. The van der Waals surface area contributed by atoms with E-state index in [4.69, 9.17) is 17.7 Å². The van der Waals surface area contributed by atoms with Gasteiger partial charge in [0.05, 0.1) is 5.02 Å². The summed E-state index contributed by atoms with van der Waals surface area (Å²) in [5.41, 5.74) is 0.301. The van der Waals surface area contributed by atoms with Gasteiger partial charge in [0.1, 0.15) is 12.8 Å². The SMILES string of the molecule is [2H]N1CCC(OC)(c2ccc(F)c(Cl)c2)C1. The van der Waals surface area contributed by atoms with Gasteiger partial charge in [0.2, 0.25) is 0 Å². The van der Waals surface area contributed by atoms with Crippen LogP contribution >= 0.6 is 11.6 Å². The Kier molecular flexibility index (Phi) is 2.61. The summed E-state index contributed by atoms with van der Waals surface area (Å²) in [6, 6.07) is 4.59. The van der Waals surface area contributed by atoms with Gasteiger partial charge >= 0.3 is 0 Å². The fourth-order valence-electron chi connectivity index (χ4n) is 1.90. The molecule has 2 nitrogen and oxygen atoms in total. The topological polar surface area (TPSA) is 21.3 Å². The van der Waals surface area contributed by atoms with Crippen molar-refractivity contribution in [3.63, 3.8) is 0 Å². The third kappa shape index (κ3) is 1.87. The monoisotopic (exact) mass is 230 g/mol. The molecule has 0 aromatic heterocycles. The fourth-order valence-corrected chi connectivity index (χ4v) is 2.08. The number of rotatable bonds is 2. The molecule has 1 aliphatic rings. The number of ether oxygens (including phenoxy) is 1. The second-order valence-corrected chi connectivity index (χ2v) is 4.09. The number of hydrogen-bond donors (Lipinski definition) is 1. The van der Waals surface area contributed by atoms with Gasteiger partial charge in [-0.3, -0.25) is 0 Å². The van der Waals surface area contributed by atoms with Crippen molar-refractivity contribution in [2.45, 2.75) is 12.0 Å². The van der Waals surface area contributed by atoms with E-state index in [1.54, 1.807) is 19.2 Å². The molecule has 82 valence electrons. The maximum atomic E-state index is 13.1. The van der Waals surface area contributed by atoms with Crippen LogP contribution in [0.1, 0.15) is 12.0 Å². The molecule has 0 spiro atoms. The molecule has 4 heteroatoms. The first-order chi connectivity index (χ1) is 7.57. The highest BCUT2D eigenvalue weighted by Gasteiger charge is 2.35. The second kappa shape index (κ2) is 4.08. The summed E-state index contributed by atoms with van der Waals surface area (Å²) in [4.78, 5) is 0. The van der Waals surface area contributed by atoms with Gasteiger partial charge in [-0.15, -0.1) is 0 Å². The molecule has 0 radical (unpaired) electrons. The van der Waals surface area contributed by atoms with Crippen LogP contribution in [0, 0.1) is 5.82 Å². The smallest absolute Gasteiger partial charge is 0.141 e. The number of nitrogens with one attached hydrogen (secondary N) is 1. The van der Waals surface area contributed by atoms with Crippen molar-refractivity contribution in [3.05, 3.63) is 34.6 Å². The Morgan fingerprint density at radius 3 is 3.00 bits per heavy atom. The van der Waals surface area contributed by atoms with Gasteiger partial charge in [0.15, 0.2) is 0 Å². The molecule has 0 aliphatic carbocycles. The van der Waals surface area contributed by atoms with Crippen molar-refractivity contribution in [1.82, 2.24) is 5.31 Å². The number of benzene rings is 1. The van der Waals surface area contributed by atoms with E-state index in [2.05, 4.69) is 0 Å². The minimum Gasteiger partial charge on any atom is -0.372 e. The minimum absolute atomic E-state index is 0.0948. The summed E-state index contributed by atoms with van der Waals surface area (Å²) in [5, 5.41) is 1.54. The summed E-state index contributed by atoms with van der Waals surface area (Å²) in [5.74, 6) is -0.433. The average molecular weight is 231 g/mol. The lowest BCUT2D eigenvalue weighted by Crippen LogP contribution is -2.31. The molecule has 0 saturated carbocycles. The number of methoxy groups -OCH3 is 1. The van der Waals surface area contributed by atoms with Crippen LogP contribution in [0.5, 0.6) is 0 Å². The van der Waals surface area contributed by atoms with Gasteiger partial charge in [-0.2, -0.15) is 0 Å². The molecule has 1 N–H and O–H groups in total. The molecule has 1 aromatic carbocycles. The first-order valence-electron chi connectivity index (χ1n) is 5.27. The van der Waals surface area contributed by atoms with Crippen LogP contribution in [0.25, 0.3) is 0 Å². The molecule has 1 saturated heterocycles. The highest BCUT2D eigenvalue weighted by molar-refractivity contribution is 6.30. The van der Waals surface area contributed by atoms with Crippen LogP contribution < -0.4 is 5.31 Å². The van der Waals surface area contributed by atoms with Gasteiger partial charge < -0.3 is 10.0 Å². The van der Waals surface area contributed by atoms with Crippen LogP contribution in [0.15, 0.2) is 18.2 Å². The quantitative estimate of drug-likeness (QED) is 0.842. The van der Waals surface area contributed by atoms with Crippen molar-refractivity contribution >= 4 is 11.6 Å². The standard InChI is InChI=1S/C11H13ClFNO/c1-15-11(4-5-14-7-11)8-2-3-10(13)9(12)6-8/h2-3,6,14H,4-5,7H2,1H3/i/hD. The molecule has 1 fully saturated rings. The molecule has 1 unspecified atom stereocenters. The lowest BCUT2D eigenvalue weighted by Gasteiger charge is -2.27. The van der Waals surface area contributed by atoms with E-state index in [-0.39, 0.29) is 5.02 Å². The van der Waals surface area contributed by atoms with E-state index in [1.807, 2.05) is 0 Å². The fraction of sp³-hybridized carbons (Fsp3) is 0.455. The van der Waals surface area contributed by atoms with Crippen LogP contribution in [0.3, 0.4) is 0 Å². The Balaban J connectivity index is 2.37. The minimum atomic E-state index is -0.529. The lowest BCUT2D eigenvalue weighted by atomic mass is 9.93. The largest absolute Gasteiger partial charge is 0.372 e. The molecule has 1 heterocycles. The summed E-state index contributed by atoms with van der Waals surface area (Å²) >= 11 is 5.76. The van der Waals surface area contributed by atoms with Crippen molar-refractivity contribution < 1.29 is 10.5 Å². The summed E-state index contributed by atoms with van der Waals surface area (Å²) in [6.45, 7) is 1.12. The van der Waals surface area contributed by atoms with E-state index in [0.717, 1.165) is 12.0 Å². The van der Waals surface area contributed by atoms with Gasteiger partial charge in [0, 0.05) is 13.7 Å². The summed E-state index contributed by atoms with van der Waals surface area (Å²) in [6.07, 6.45) is 0.717. The Morgan fingerprint density at radius 1 is 1.67 bits per heavy atom. The lowest BCUT2D eigenvalue weighted by molar-refractivity contribution is 0.00321. The van der Waals surface area contributed by atoms with Crippen LogP contribution in [-0.2, 0) is 10.3 Å². The highest BCUT2D eigenvalue weighted by Crippen LogP contribution is 2.33. The Labute approximate surface area is 94.8 Å². The Hall–Kier alpha value is -0.640. The number of hydrogen-bond acceptors (Lipinski definition) is 2. The number of halogens is 2. The second-order valence-electron chi connectivity index (χ2n) is 3.68. The third-order valence-corrected chi connectivity index (χ3v) is 3.17. The zero-order chi connectivity index (χ0) is 11.8. The molecule has 1 atom stereocenters. The normalized spacial score (nSPS) is 28.1. The van der Waals surface area contributed by atoms with Crippen LogP contribution in [-0.4, -0.2) is 20.2 Å². The van der Waals surface area contributed by atoms with Crippen molar-refractivity contribution in [2.24, 2.45) is 0 Å². The Morgan fingerprint density at radius 2 is 2.47 bits per heavy atom. The van der Waals surface area contributed by atoms with E-state index < -0.39 is 11.4 Å². The molecule has 0 bridgehead atoms. The molecule has 1 aromatic rings. The maximum absolute atomic E-state index is 13.1. The van der Waals surface area contributed by atoms with E-state index >= 15 is 0 Å². The zero-order valence-electron chi connectivity index (χ0n) is 9.46. The molecule has 15 heavy (non-hydrogen) atoms. The van der Waals surface area contributed by atoms with E-state index in [1.165, 1.54) is 11.4 Å². The van der Waals surface area contributed by atoms with Gasteiger partial charge in [0.25, 0.3) is 0 Å². The van der Waals surface area contributed by atoms with E-state index in [9.17, 15) is 4.39 Å². The summed E-state index contributed by atoms with van der Waals surface area (Å²) in [7, 11) is 1.61. The van der Waals surface area contributed by atoms with Crippen LogP contribution in [0.2, 0.25) is 6.43 Å². The Bertz CT molecular complexity index is 404. The van der Waals surface area contributed by atoms with Gasteiger partial charge in [-0.05, 0) is 30.7 Å². The predicted octanol–water partition coefficient (Wildman–Crippen LogP) is 2.31.